The van der Waals surface area contributed by atoms with E-state index in [9.17, 15) is 18.4 Å². The van der Waals surface area contributed by atoms with Crippen molar-refractivity contribution in [3.63, 3.8) is 0 Å². The molecule has 29 heavy (non-hydrogen) atoms. The third kappa shape index (κ3) is 3.42. The van der Waals surface area contributed by atoms with Crippen LogP contribution >= 0.6 is 11.3 Å². The van der Waals surface area contributed by atoms with Crippen molar-refractivity contribution in [3.05, 3.63) is 70.1 Å². The van der Waals surface area contributed by atoms with Gasteiger partial charge in [0.2, 0.25) is 0 Å². The van der Waals surface area contributed by atoms with Crippen molar-refractivity contribution in [1.29, 1.82) is 0 Å². The highest BCUT2D eigenvalue weighted by Gasteiger charge is 2.26. The normalized spacial score (nSPS) is 12.0. The number of Topliss-reactive ketones (excluding diaryl/α,β-unsaturated/α-hetero) is 1. The van der Waals surface area contributed by atoms with Crippen LogP contribution in [0, 0.1) is 11.6 Å². The Morgan fingerprint density at radius 1 is 1.14 bits per heavy atom. The predicted molar refractivity (Wildman–Crippen MR) is 108 cm³/mol. The van der Waals surface area contributed by atoms with E-state index in [1.165, 1.54) is 24.5 Å². The number of hydrogen-bond donors (Lipinski definition) is 0. The summed E-state index contributed by atoms with van der Waals surface area (Å²) in [6, 6.07) is 10.1. The second-order valence-electron chi connectivity index (χ2n) is 6.70. The number of ether oxygens (including phenoxy) is 1. The Bertz CT molecular complexity index is 1140. The van der Waals surface area contributed by atoms with Crippen LogP contribution in [0.15, 0.2) is 42.5 Å². The van der Waals surface area contributed by atoms with E-state index < -0.39 is 17.5 Å². The SMILES string of the molecule is CCC(=O)c1ccc2c(c1)-c1sc(C(=O)N(C)c3ccc(F)cc3F)cc1CO2. The molecule has 0 unspecified atom stereocenters. The lowest BCUT2D eigenvalue weighted by Gasteiger charge is -2.18. The van der Waals surface area contributed by atoms with Crippen LogP contribution in [-0.2, 0) is 6.61 Å². The topological polar surface area (TPSA) is 46.6 Å². The molecular weight excluding hydrogens is 396 g/mol. The van der Waals surface area contributed by atoms with E-state index in [2.05, 4.69) is 0 Å². The fourth-order valence-corrected chi connectivity index (χ4v) is 4.43. The summed E-state index contributed by atoms with van der Waals surface area (Å²) in [6.45, 7) is 2.11. The molecule has 0 saturated heterocycles. The zero-order valence-electron chi connectivity index (χ0n) is 15.8. The highest BCUT2D eigenvalue weighted by molar-refractivity contribution is 7.17. The highest BCUT2D eigenvalue weighted by Crippen LogP contribution is 2.43. The molecule has 0 aliphatic carbocycles. The van der Waals surface area contributed by atoms with E-state index >= 15 is 0 Å². The number of rotatable bonds is 4. The Morgan fingerprint density at radius 2 is 1.93 bits per heavy atom. The van der Waals surface area contributed by atoms with Gasteiger partial charge in [-0.15, -0.1) is 11.3 Å². The molecule has 0 bridgehead atoms. The monoisotopic (exact) mass is 413 g/mol. The van der Waals surface area contributed by atoms with Crippen LogP contribution < -0.4 is 9.64 Å². The summed E-state index contributed by atoms with van der Waals surface area (Å²) in [5.74, 6) is -1.23. The van der Waals surface area contributed by atoms with E-state index in [4.69, 9.17) is 4.74 Å². The van der Waals surface area contributed by atoms with E-state index in [-0.39, 0.29) is 11.5 Å². The van der Waals surface area contributed by atoms with Gasteiger partial charge in [0.15, 0.2) is 5.78 Å². The molecule has 7 heteroatoms. The van der Waals surface area contributed by atoms with Crippen LogP contribution in [-0.4, -0.2) is 18.7 Å². The Morgan fingerprint density at radius 3 is 2.66 bits per heavy atom. The molecule has 2 heterocycles. The molecule has 0 spiro atoms. The number of carbonyl (C=O) groups is 2. The molecule has 0 fully saturated rings. The highest BCUT2D eigenvalue weighted by atomic mass is 32.1. The van der Waals surface area contributed by atoms with Gasteiger partial charge in [-0.2, -0.15) is 0 Å². The smallest absolute Gasteiger partial charge is 0.268 e. The van der Waals surface area contributed by atoms with E-state index in [1.807, 2.05) is 0 Å². The summed E-state index contributed by atoms with van der Waals surface area (Å²) in [5.41, 5.74) is 2.19. The fourth-order valence-electron chi connectivity index (χ4n) is 3.26. The first kappa shape index (κ1) is 19.3. The van der Waals surface area contributed by atoms with Gasteiger partial charge in [0.05, 0.1) is 10.6 Å². The maximum Gasteiger partial charge on any atom is 0.268 e. The van der Waals surface area contributed by atoms with Gasteiger partial charge in [-0.05, 0) is 36.4 Å². The number of nitrogens with zero attached hydrogens (tertiary/aromatic N) is 1. The Kier molecular flexibility index (Phi) is 4.92. The van der Waals surface area contributed by atoms with Gasteiger partial charge in [-0.1, -0.05) is 6.92 Å². The number of benzene rings is 2. The summed E-state index contributed by atoms with van der Waals surface area (Å²) < 4.78 is 33.0. The maximum absolute atomic E-state index is 14.1. The third-order valence-electron chi connectivity index (χ3n) is 4.85. The van der Waals surface area contributed by atoms with Crippen LogP contribution in [0.3, 0.4) is 0 Å². The number of amides is 1. The van der Waals surface area contributed by atoms with Gasteiger partial charge < -0.3 is 9.64 Å². The second kappa shape index (κ2) is 7.40. The lowest BCUT2D eigenvalue weighted by molar-refractivity contribution is 0.0983. The molecule has 4 rings (SSSR count). The lowest BCUT2D eigenvalue weighted by atomic mass is 10.0. The zero-order valence-corrected chi connectivity index (χ0v) is 16.6. The second-order valence-corrected chi connectivity index (χ2v) is 7.75. The molecule has 2 aromatic carbocycles. The quantitative estimate of drug-likeness (QED) is 0.534. The molecule has 148 valence electrons. The molecule has 0 radical (unpaired) electrons. The number of ketones is 1. The molecule has 0 N–H and O–H groups in total. The zero-order chi connectivity index (χ0) is 20.7. The van der Waals surface area contributed by atoms with Crippen LogP contribution in [0.1, 0.15) is 38.9 Å². The van der Waals surface area contributed by atoms with Gasteiger partial charge in [-0.3, -0.25) is 9.59 Å². The number of anilines is 1. The standard InChI is InChI=1S/C22H17F2NO3S/c1-3-18(26)12-4-7-19-15(8-12)21-13(11-28-19)9-20(29-21)22(27)25(2)17-6-5-14(23)10-16(17)24/h4-10H,3,11H2,1-2H3. The fraction of sp³-hybridized carbons (Fsp3) is 0.182. The summed E-state index contributed by atoms with van der Waals surface area (Å²) in [4.78, 5) is 27.4. The molecule has 1 aliphatic heterocycles. The van der Waals surface area contributed by atoms with E-state index in [1.54, 1.807) is 31.2 Å². The first-order valence-electron chi connectivity index (χ1n) is 9.05. The van der Waals surface area contributed by atoms with Crippen LogP contribution in [0.2, 0.25) is 0 Å². The maximum atomic E-state index is 14.1. The molecule has 0 saturated carbocycles. The predicted octanol–water partition coefficient (Wildman–Crippen LogP) is 5.46. The molecular formula is C22H17F2NO3S. The van der Waals surface area contributed by atoms with Gasteiger partial charge >= 0.3 is 0 Å². The largest absolute Gasteiger partial charge is 0.488 e. The van der Waals surface area contributed by atoms with Crippen molar-refractivity contribution in [2.45, 2.75) is 20.0 Å². The Labute approximate surface area is 170 Å². The van der Waals surface area contributed by atoms with E-state index in [0.29, 0.717) is 29.2 Å². The number of fused-ring (bicyclic) bond motifs is 3. The van der Waals surface area contributed by atoms with E-state index in [0.717, 1.165) is 33.0 Å². The lowest BCUT2D eigenvalue weighted by Crippen LogP contribution is -2.26. The van der Waals surface area contributed by atoms with Crippen molar-refractivity contribution >= 4 is 28.7 Å². The third-order valence-corrected chi connectivity index (χ3v) is 6.04. The summed E-state index contributed by atoms with van der Waals surface area (Å²) in [7, 11) is 1.44. The number of carbonyl (C=O) groups excluding carboxylic acids is 2. The summed E-state index contributed by atoms with van der Waals surface area (Å²) in [6.07, 6.45) is 0.398. The minimum absolute atomic E-state index is 0.00440. The van der Waals surface area contributed by atoms with Gasteiger partial charge in [0.1, 0.15) is 24.0 Å². The minimum Gasteiger partial charge on any atom is -0.488 e. The average molecular weight is 413 g/mol. The van der Waals surface area contributed by atoms with Crippen LogP contribution in [0.5, 0.6) is 5.75 Å². The summed E-state index contributed by atoms with van der Waals surface area (Å²) in [5, 5.41) is 0. The van der Waals surface area contributed by atoms with Gasteiger partial charge in [0, 0.05) is 41.1 Å². The van der Waals surface area contributed by atoms with Gasteiger partial charge in [-0.25, -0.2) is 8.78 Å². The van der Waals surface area contributed by atoms with Crippen molar-refractivity contribution in [2.75, 3.05) is 11.9 Å². The van der Waals surface area contributed by atoms with Crippen LogP contribution in [0.4, 0.5) is 14.5 Å². The minimum atomic E-state index is -0.807. The van der Waals surface area contributed by atoms with Crippen molar-refractivity contribution < 1.29 is 23.1 Å². The molecule has 4 nitrogen and oxygen atoms in total. The summed E-state index contributed by atoms with van der Waals surface area (Å²) >= 11 is 1.27. The van der Waals surface area contributed by atoms with Gasteiger partial charge in [0.25, 0.3) is 5.91 Å². The number of halogens is 2. The molecule has 1 amide bonds. The molecule has 0 atom stereocenters. The first-order chi connectivity index (χ1) is 13.9. The average Bonchev–Trinajstić information content (AvgIpc) is 3.16. The first-order valence-corrected chi connectivity index (χ1v) is 9.87. The Hall–Kier alpha value is -3.06. The van der Waals surface area contributed by atoms with Crippen molar-refractivity contribution in [2.24, 2.45) is 0 Å². The van der Waals surface area contributed by atoms with Crippen molar-refractivity contribution in [1.82, 2.24) is 0 Å². The number of hydrogen-bond acceptors (Lipinski definition) is 4. The number of thiophene rings is 1. The molecule has 1 aliphatic rings. The van der Waals surface area contributed by atoms with Crippen molar-refractivity contribution in [3.8, 4) is 16.2 Å². The molecule has 3 aromatic rings. The van der Waals surface area contributed by atoms with Crippen LogP contribution in [0.25, 0.3) is 10.4 Å². The molecule has 1 aromatic heterocycles. The Balaban J connectivity index is 1.70.